The van der Waals surface area contributed by atoms with Crippen molar-refractivity contribution < 1.29 is 14.3 Å². The monoisotopic (exact) mass is 370 g/mol. The van der Waals surface area contributed by atoms with Gasteiger partial charge in [-0.2, -0.15) is 0 Å². The number of nitrogens with zero attached hydrogens (tertiary/aromatic N) is 1. The summed E-state index contributed by atoms with van der Waals surface area (Å²) < 4.78 is 11.4. The van der Waals surface area contributed by atoms with Crippen LogP contribution in [0.2, 0.25) is 0 Å². The fourth-order valence-electron chi connectivity index (χ4n) is 4.57. The second-order valence-corrected chi connectivity index (χ2v) is 7.92. The molecule has 2 aromatic rings. The average molecular weight is 370 g/mol. The van der Waals surface area contributed by atoms with Crippen molar-refractivity contribution in [2.24, 2.45) is 0 Å². The molecule has 0 bridgehead atoms. The summed E-state index contributed by atoms with van der Waals surface area (Å²) in [6.07, 6.45) is 3.92. The maximum absolute atomic E-state index is 12.7. The molecule has 5 nitrogen and oxygen atoms in total. The Labute approximate surface area is 161 Å². The summed E-state index contributed by atoms with van der Waals surface area (Å²) in [5.41, 5.74) is 3.90. The number of nitrogens with one attached hydrogen (secondary N) is 1. The van der Waals surface area contributed by atoms with Crippen molar-refractivity contribution in [2.75, 3.05) is 26.3 Å². The first-order valence-electron chi connectivity index (χ1n) is 10.2. The standard InChI is InChI=1S/C22H30N2O3/c1-15-21(19-7-3-4-8-20(19)23-15)17-9-11-24(12-10-17)22(25)16(2)27-14-18-6-5-13-26-18/h3-4,7-8,16-18,23H,5-6,9-14H2,1-2H3/t16-,18-/m1/s1. The molecule has 2 atom stereocenters. The van der Waals surface area contributed by atoms with Gasteiger partial charge in [-0.1, -0.05) is 18.2 Å². The minimum Gasteiger partial charge on any atom is -0.376 e. The highest BCUT2D eigenvalue weighted by Gasteiger charge is 2.29. The Kier molecular flexibility index (Phi) is 5.50. The quantitative estimate of drug-likeness (QED) is 0.872. The number of hydrogen-bond acceptors (Lipinski definition) is 3. The van der Waals surface area contributed by atoms with Gasteiger partial charge in [-0.15, -0.1) is 0 Å². The molecular formula is C22H30N2O3. The lowest BCUT2D eigenvalue weighted by atomic mass is 9.87. The third-order valence-corrected chi connectivity index (χ3v) is 6.06. The topological polar surface area (TPSA) is 54.6 Å². The Bertz CT molecular complexity index is 786. The van der Waals surface area contributed by atoms with Crippen LogP contribution in [0.15, 0.2) is 24.3 Å². The van der Waals surface area contributed by atoms with Crippen LogP contribution in [-0.4, -0.2) is 54.3 Å². The van der Waals surface area contributed by atoms with E-state index in [9.17, 15) is 4.79 Å². The summed E-state index contributed by atoms with van der Waals surface area (Å²) >= 11 is 0. The number of likely N-dealkylation sites (tertiary alicyclic amines) is 1. The molecule has 2 aliphatic rings. The summed E-state index contributed by atoms with van der Waals surface area (Å²) in [4.78, 5) is 18.2. The molecule has 0 saturated carbocycles. The molecule has 2 saturated heterocycles. The predicted octanol–water partition coefficient (Wildman–Crippen LogP) is 3.77. The van der Waals surface area contributed by atoms with Crippen LogP contribution in [0, 0.1) is 6.92 Å². The van der Waals surface area contributed by atoms with Gasteiger partial charge in [-0.3, -0.25) is 4.79 Å². The SMILES string of the molecule is Cc1[nH]c2ccccc2c1C1CCN(C(=O)[C@@H](C)OC[C@H]2CCCO2)CC1. The highest BCUT2D eigenvalue weighted by Crippen LogP contribution is 2.35. The van der Waals surface area contributed by atoms with Gasteiger partial charge in [0.25, 0.3) is 5.91 Å². The largest absolute Gasteiger partial charge is 0.376 e. The third kappa shape index (κ3) is 3.90. The highest BCUT2D eigenvalue weighted by atomic mass is 16.5. The second-order valence-electron chi connectivity index (χ2n) is 7.92. The van der Waals surface area contributed by atoms with Crippen molar-refractivity contribution >= 4 is 16.8 Å². The third-order valence-electron chi connectivity index (χ3n) is 6.06. The Hall–Kier alpha value is -1.85. The molecule has 0 aliphatic carbocycles. The molecule has 4 rings (SSSR count). The molecule has 0 spiro atoms. The van der Waals surface area contributed by atoms with Gasteiger partial charge in [-0.25, -0.2) is 0 Å². The molecule has 1 amide bonds. The van der Waals surface area contributed by atoms with E-state index >= 15 is 0 Å². The fourth-order valence-corrected chi connectivity index (χ4v) is 4.57. The number of ether oxygens (including phenoxy) is 2. The zero-order valence-corrected chi connectivity index (χ0v) is 16.4. The molecule has 1 aromatic carbocycles. The predicted molar refractivity (Wildman–Crippen MR) is 106 cm³/mol. The molecule has 1 aromatic heterocycles. The molecule has 3 heterocycles. The van der Waals surface area contributed by atoms with Crippen molar-refractivity contribution in [3.8, 4) is 0 Å². The maximum atomic E-state index is 12.7. The van der Waals surface area contributed by atoms with Crippen LogP contribution in [0.3, 0.4) is 0 Å². The van der Waals surface area contributed by atoms with Gasteiger partial charge >= 0.3 is 0 Å². The van der Waals surface area contributed by atoms with Crippen LogP contribution in [0.5, 0.6) is 0 Å². The number of fused-ring (bicyclic) bond motifs is 1. The number of benzene rings is 1. The molecular weight excluding hydrogens is 340 g/mol. The fraction of sp³-hybridized carbons (Fsp3) is 0.591. The van der Waals surface area contributed by atoms with Gasteiger partial charge in [0.1, 0.15) is 6.10 Å². The summed E-state index contributed by atoms with van der Waals surface area (Å²) in [5, 5.41) is 1.33. The minimum absolute atomic E-state index is 0.113. The number of carbonyl (C=O) groups is 1. The van der Waals surface area contributed by atoms with E-state index in [1.807, 2.05) is 11.8 Å². The lowest BCUT2D eigenvalue weighted by Gasteiger charge is -2.34. The van der Waals surface area contributed by atoms with Crippen LogP contribution < -0.4 is 0 Å². The average Bonchev–Trinajstić information content (AvgIpc) is 3.32. The highest BCUT2D eigenvalue weighted by molar-refractivity contribution is 5.85. The number of carbonyl (C=O) groups excluding carboxylic acids is 1. The Balaban J connectivity index is 1.34. The van der Waals surface area contributed by atoms with Crippen LogP contribution in [0.4, 0.5) is 0 Å². The van der Waals surface area contributed by atoms with E-state index in [-0.39, 0.29) is 18.1 Å². The Morgan fingerprint density at radius 3 is 2.81 bits per heavy atom. The summed E-state index contributed by atoms with van der Waals surface area (Å²) in [7, 11) is 0. The molecule has 146 valence electrons. The Morgan fingerprint density at radius 1 is 1.30 bits per heavy atom. The van der Waals surface area contributed by atoms with E-state index in [1.165, 1.54) is 22.2 Å². The van der Waals surface area contributed by atoms with Crippen LogP contribution >= 0.6 is 0 Å². The number of piperidine rings is 1. The van der Waals surface area contributed by atoms with Crippen LogP contribution in [0.1, 0.15) is 49.8 Å². The molecule has 5 heteroatoms. The van der Waals surface area contributed by atoms with Gasteiger partial charge < -0.3 is 19.4 Å². The normalized spacial score (nSPS) is 22.4. The molecule has 1 N–H and O–H groups in total. The van der Waals surface area contributed by atoms with E-state index in [0.29, 0.717) is 12.5 Å². The zero-order valence-electron chi connectivity index (χ0n) is 16.4. The number of amides is 1. The number of aromatic nitrogens is 1. The lowest BCUT2D eigenvalue weighted by molar-refractivity contribution is -0.145. The van der Waals surface area contributed by atoms with E-state index < -0.39 is 0 Å². The lowest BCUT2D eigenvalue weighted by Crippen LogP contribution is -2.44. The Morgan fingerprint density at radius 2 is 2.07 bits per heavy atom. The maximum Gasteiger partial charge on any atom is 0.251 e. The molecule has 2 fully saturated rings. The van der Waals surface area contributed by atoms with Crippen molar-refractivity contribution in [3.63, 3.8) is 0 Å². The summed E-state index contributed by atoms with van der Waals surface area (Å²) in [5.74, 6) is 0.621. The van der Waals surface area contributed by atoms with Crippen LogP contribution in [-0.2, 0) is 14.3 Å². The van der Waals surface area contributed by atoms with Gasteiger partial charge in [0, 0.05) is 36.3 Å². The van der Waals surface area contributed by atoms with Crippen molar-refractivity contribution in [1.29, 1.82) is 0 Å². The minimum atomic E-state index is -0.388. The van der Waals surface area contributed by atoms with E-state index in [1.54, 1.807) is 0 Å². The number of aromatic amines is 1. The van der Waals surface area contributed by atoms with E-state index in [0.717, 1.165) is 45.4 Å². The summed E-state index contributed by atoms with van der Waals surface area (Å²) in [6.45, 7) is 6.97. The van der Waals surface area contributed by atoms with Gasteiger partial charge in [0.15, 0.2) is 0 Å². The number of para-hydroxylation sites is 1. The smallest absolute Gasteiger partial charge is 0.251 e. The molecule has 2 aliphatic heterocycles. The van der Waals surface area contributed by atoms with Gasteiger partial charge in [0.2, 0.25) is 0 Å². The molecule has 27 heavy (non-hydrogen) atoms. The van der Waals surface area contributed by atoms with Crippen LogP contribution in [0.25, 0.3) is 10.9 Å². The number of H-pyrrole nitrogens is 1. The molecule has 0 unspecified atom stereocenters. The number of aryl methyl sites for hydroxylation is 1. The van der Waals surface area contributed by atoms with E-state index in [2.05, 4.69) is 36.2 Å². The van der Waals surface area contributed by atoms with Gasteiger partial charge in [0.05, 0.1) is 12.7 Å². The van der Waals surface area contributed by atoms with Crippen molar-refractivity contribution in [2.45, 2.75) is 57.7 Å². The van der Waals surface area contributed by atoms with Crippen molar-refractivity contribution in [3.05, 3.63) is 35.5 Å². The summed E-state index contributed by atoms with van der Waals surface area (Å²) in [6, 6.07) is 8.51. The first kappa shape index (κ1) is 18.5. The number of rotatable bonds is 5. The van der Waals surface area contributed by atoms with Crippen molar-refractivity contribution in [1.82, 2.24) is 9.88 Å². The van der Waals surface area contributed by atoms with Gasteiger partial charge in [-0.05, 0) is 57.1 Å². The molecule has 0 radical (unpaired) electrons. The zero-order chi connectivity index (χ0) is 18.8. The first-order chi connectivity index (χ1) is 13.1. The first-order valence-corrected chi connectivity index (χ1v) is 10.2. The number of hydrogen-bond donors (Lipinski definition) is 1. The van der Waals surface area contributed by atoms with E-state index in [4.69, 9.17) is 9.47 Å². The second kappa shape index (κ2) is 8.03.